The van der Waals surface area contributed by atoms with E-state index in [1.807, 2.05) is 6.92 Å². The smallest absolute Gasteiger partial charge is 0.334 e. The number of nitrogens with zero attached hydrogens (tertiary/aromatic N) is 4. The zero-order valence-corrected chi connectivity index (χ0v) is 13.5. The van der Waals surface area contributed by atoms with E-state index in [1.165, 1.54) is 23.9 Å². The molecule has 23 heavy (non-hydrogen) atoms. The Hall–Kier alpha value is -2.64. The highest BCUT2D eigenvalue weighted by Crippen LogP contribution is 2.32. The Bertz CT molecular complexity index is 730. The summed E-state index contributed by atoms with van der Waals surface area (Å²) in [5.41, 5.74) is 1.10. The minimum atomic E-state index is -0.466. The summed E-state index contributed by atoms with van der Waals surface area (Å²) in [5, 5.41) is 15.6. The number of ether oxygens (including phenoxy) is 1. The zero-order chi connectivity index (χ0) is 17.1. The summed E-state index contributed by atoms with van der Waals surface area (Å²) in [7, 11) is 4.77. The first-order valence-corrected chi connectivity index (χ1v) is 7.12. The second-order valence-electron chi connectivity index (χ2n) is 5.18. The van der Waals surface area contributed by atoms with Gasteiger partial charge >= 0.3 is 5.69 Å². The fourth-order valence-electron chi connectivity index (χ4n) is 2.57. The standard InChI is InChI=1S/C15H19FN4O3/c1-5-12-14(20(21)22)15(19(3)17-12)18(2)9-10-6-7-13(23-4)11(16)8-10/h6-8H,5,9H2,1-4H3. The molecule has 0 spiro atoms. The average Bonchev–Trinajstić information content (AvgIpc) is 2.84. The molecule has 0 amide bonds. The minimum absolute atomic E-state index is 0.00789. The van der Waals surface area contributed by atoms with Crippen molar-refractivity contribution in [1.29, 1.82) is 0 Å². The van der Waals surface area contributed by atoms with Gasteiger partial charge in [-0.2, -0.15) is 5.10 Å². The molecule has 2 rings (SSSR count). The predicted octanol–water partition coefficient (Wildman–Crippen LogP) is 2.67. The molecule has 124 valence electrons. The molecule has 1 aromatic carbocycles. The van der Waals surface area contributed by atoms with Gasteiger partial charge in [-0.15, -0.1) is 0 Å². The van der Waals surface area contributed by atoms with Crippen LogP contribution >= 0.6 is 0 Å². The van der Waals surface area contributed by atoms with Gasteiger partial charge in [0.15, 0.2) is 11.6 Å². The quantitative estimate of drug-likeness (QED) is 0.604. The van der Waals surface area contributed by atoms with Crippen LogP contribution in [0.2, 0.25) is 0 Å². The Morgan fingerprint density at radius 1 is 1.48 bits per heavy atom. The number of halogens is 1. The van der Waals surface area contributed by atoms with E-state index in [-0.39, 0.29) is 11.4 Å². The van der Waals surface area contributed by atoms with Crippen LogP contribution < -0.4 is 9.64 Å². The van der Waals surface area contributed by atoms with E-state index >= 15 is 0 Å². The zero-order valence-electron chi connectivity index (χ0n) is 13.5. The second-order valence-corrected chi connectivity index (χ2v) is 5.18. The normalized spacial score (nSPS) is 10.7. The number of anilines is 1. The highest BCUT2D eigenvalue weighted by molar-refractivity contribution is 5.61. The van der Waals surface area contributed by atoms with Crippen molar-refractivity contribution in [2.24, 2.45) is 7.05 Å². The summed E-state index contributed by atoms with van der Waals surface area (Å²) < 4.78 is 20.1. The molecule has 1 heterocycles. The molecular formula is C15H19FN4O3. The number of rotatable bonds is 6. The van der Waals surface area contributed by atoms with E-state index in [4.69, 9.17) is 4.74 Å². The van der Waals surface area contributed by atoms with Gasteiger partial charge in [0, 0.05) is 20.6 Å². The van der Waals surface area contributed by atoms with Crippen LogP contribution in [-0.2, 0) is 20.0 Å². The first-order valence-electron chi connectivity index (χ1n) is 7.12. The van der Waals surface area contributed by atoms with Crippen LogP contribution in [0.3, 0.4) is 0 Å². The monoisotopic (exact) mass is 322 g/mol. The summed E-state index contributed by atoms with van der Waals surface area (Å²) in [5.74, 6) is 0.0893. The number of aryl methyl sites for hydroxylation is 2. The molecule has 0 saturated heterocycles. The fraction of sp³-hybridized carbons (Fsp3) is 0.400. The maximum absolute atomic E-state index is 13.8. The molecule has 0 fully saturated rings. The van der Waals surface area contributed by atoms with E-state index in [0.717, 1.165) is 0 Å². The van der Waals surface area contributed by atoms with Gasteiger partial charge < -0.3 is 9.64 Å². The number of aromatic nitrogens is 2. The van der Waals surface area contributed by atoms with Gasteiger partial charge in [-0.25, -0.2) is 9.07 Å². The van der Waals surface area contributed by atoms with Crippen LogP contribution in [0.4, 0.5) is 15.9 Å². The highest BCUT2D eigenvalue weighted by Gasteiger charge is 2.28. The van der Waals surface area contributed by atoms with Crippen molar-refractivity contribution < 1.29 is 14.1 Å². The van der Waals surface area contributed by atoms with Crippen LogP contribution in [0.25, 0.3) is 0 Å². The lowest BCUT2D eigenvalue weighted by Crippen LogP contribution is -2.20. The summed E-state index contributed by atoms with van der Waals surface area (Å²) in [4.78, 5) is 12.6. The Morgan fingerprint density at radius 2 is 2.17 bits per heavy atom. The molecule has 2 aromatic rings. The molecule has 0 aliphatic carbocycles. The van der Waals surface area contributed by atoms with Crippen LogP contribution in [0.5, 0.6) is 5.75 Å². The van der Waals surface area contributed by atoms with Gasteiger partial charge in [0.2, 0.25) is 5.82 Å². The summed E-state index contributed by atoms with van der Waals surface area (Å²) in [6.45, 7) is 2.13. The Kier molecular flexibility index (Phi) is 4.83. The third kappa shape index (κ3) is 3.25. The van der Waals surface area contributed by atoms with Crippen LogP contribution in [0.1, 0.15) is 18.2 Å². The highest BCUT2D eigenvalue weighted by atomic mass is 19.1. The van der Waals surface area contributed by atoms with E-state index in [9.17, 15) is 14.5 Å². The lowest BCUT2D eigenvalue weighted by Gasteiger charge is -2.18. The van der Waals surface area contributed by atoms with Crippen molar-refractivity contribution in [3.8, 4) is 5.75 Å². The van der Waals surface area contributed by atoms with Crippen molar-refractivity contribution in [3.63, 3.8) is 0 Å². The maximum atomic E-state index is 13.8. The largest absolute Gasteiger partial charge is 0.494 e. The topological polar surface area (TPSA) is 73.4 Å². The van der Waals surface area contributed by atoms with Gasteiger partial charge in [0.1, 0.15) is 5.69 Å². The van der Waals surface area contributed by atoms with Crippen molar-refractivity contribution in [2.45, 2.75) is 19.9 Å². The van der Waals surface area contributed by atoms with Crippen LogP contribution in [-0.4, -0.2) is 28.9 Å². The fourth-order valence-corrected chi connectivity index (χ4v) is 2.57. The molecule has 0 radical (unpaired) electrons. The molecule has 8 heteroatoms. The van der Waals surface area contributed by atoms with Gasteiger partial charge in [0.25, 0.3) is 0 Å². The van der Waals surface area contributed by atoms with Gasteiger partial charge in [-0.05, 0) is 24.1 Å². The van der Waals surface area contributed by atoms with Gasteiger partial charge in [-0.1, -0.05) is 13.0 Å². The molecule has 7 nitrogen and oxygen atoms in total. The maximum Gasteiger partial charge on any atom is 0.334 e. The first kappa shape index (κ1) is 16.7. The lowest BCUT2D eigenvalue weighted by molar-refractivity contribution is -0.384. The van der Waals surface area contributed by atoms with Crippen molar-refractivity contribution in [1.82, 2.24) is 9.78 Å². The number of hydrogen-bond donors (Lipinski definition) is 0. The molecule has 0 bridgehead atoms. The van der Waals surface area contributed by atoms with Gasteiger partial charge in [-0.3, -0.25) is 10.1 Å². The molecule has 0 saturated carbocycles. The summed E-state index contributed by atoms with van der Waals surface area (Å²) >= 11 is 0. The average molecular weight is 322 g/mol. The molecule has 0 aliphatic heterocycles. The number of methoxy groups -OCH3 is 1. The van der Waals surface area contributed by atoms with Crippen LogP contribution in [0.15, 0.2) is 18.2 Å². The van der Waals surface area contributed by atoms with Crippen LogP contribution in [0, 0.1) is 15.9 Å². The first-order chi connectivity index (χ1) is 10.9. The minimum Gasteiger partial charge on any atom is -0.494 e. The number of nitro groups is 1. The second kappa shape index (κ2) is 6.64. The lowest BCUT2D eigenvalue weighted by atomic mass is 10.2. The molecule has 0 N–H and O–H groups in total. The summed E-state index contributed by atoms with van der Waals surface area (Å²) in [6.07, 6.45) is 0.467. The molecule has 1 aromatic heterocycles. The van der Waals surface area contributed by atoms with E-state index in [2.05, 4.69) is 5.10 Å². The third-order valence-corrected chi connectivity index (χ3v) is 3.58. The van der Waals surface area contributed by atoms with E-state index < -0.39 is 10.7 Å². The molecule has 0 atom stereocenters. The SMILES string of the molecule is CCc1nn(C)c(N(C)Cc2ccc(OC)c(F)c2)c1[N+](=O)[O-]. The number of benzene rings is 1. The van der Waals surface area contributed by atoms with E-state index in [0.29, 0.717) is 30.0 Å². The molecule has 0 unspecified atom stereocenters. The van der Waals surface area contributed by atoms with Crippen molar-refractivity contribution in [2.75, 3.05) is 19.1 Å². The van der Waals surface area contributed by atoms with Crippen molar-refractivity contribution in [3.05, 3.63) is 45.4 Å². The third-order valence-electron chi connectivity index (χ3n) is 3.58. The Balaban J connectivity index is 2.34. The molecular weight excluding hydrogens is 303 g/mol. The van der Waals surface area contributed by atoms with E-state index in [1.54, 1.807) is 25.1 Å². The van der Waals surface area contributed by atoms with Crippen molar-refractivity contribution >= 4 is 11.5 Å². The Labute approximate surface area is 133 Å². The van der Waals surface area contributed by atoms with Gasteiger partial charge in [0.05, 0.1) is 12.0 Å². The Morgan fingerprint density at radius 3 is 2.70 bits per heavy atom. The predicted molar refractivity (Wildman–Crippen MR) is 84.3 cm³/mol. The number of hydrogen-bond acceptors (Lipinski definition) is 5. The summed E-state index contributed by atoms with van der Waals surface area (Å²) in [6, 6.07) is 4.62. The molecule has 0 aliphatic rings.